The quantitative estimate of drug-likeness (QED) is 0.366. The van der Waals surface area contributed by atoms with Crippen LogP contribution in [0, 0.1) is 0 Å². The Bertz CT molecular complexity index is 1200. The fourth-order valence-electron chi connectivity index (χ4n) is 4.16. The van der Waals surface area contributed by atoms with Gasteiger partial charge >= 0.3 is 5.97 Å². The van der Waals surface area contributed by atoms with Crippen molar-refractivity contribution in [2.45, 2.75) is 31.5 Å². The second-order valence-electron chi connectivity index (χ2n) is 8.78. The SMILES string of the molecule is COc1ccc(CC(=O)OC(C(=O)NCc2ccc3c(c2)OCC3)c2ccc(C3CN3)cc2)cc1. The molecule has 1 amide bonds. The summed E-state index contributed by atoms with van der Waals surface area (Å²) in [6.07, 6.45) is -0.0896. The minimum atomic E-state index is -1.05. The lowest BCUT2D eigenvalue weighted by Crippen LogP contribution is -2.32. The van der Waals surface area contributed by atoms with E-state index in [-0.39, 0.29) is 12.3 Å². The summed E-state index contributed by atoms with van der Waals surface area (Å²) in [7, 11) is 1.59. The van der Waals surface area contributed by atoms with Crippen LogP contribution in [0.2, 0.25) is 0 Å². The number of rotatable bonds is 9. The first-order valence-corrected chi connectivity index (χ1v) is 11.8. The lowest BCUT2D eigenvalue weighted by molar-refractivity contribution is -0.155. The number of nitrogens with one attached hydrogen (secondary N) is 2. The fraction of sp³-hybridized carbons (Fsp3) is 0.286. The van der Waals surface area contributed by atoms with Gasteiger partial charge in [0.1, 0.15) is 11.5 Å². The van der Waals surface area contributed by atoms with Crippen LogP contribution in [0.4, 0.5) is 0 Å². The third-order valence-corrected chi connectivity index (χ3v) is 6.27. The highest BCUT2D eigenvalue weighted by atomic mass is 16.5. The average Bonchev–Trinajstić information content (AvgIpc) is 3.63. The Morgan fingerprint density at radius 3 is 2.51 bits per heavy atom. The first-order valence-electron chi connectivity index (χ1n) is 11.8. The van der Waals surface area contributed by atoms with Crippen molar-refractivity contribution in [3.63, 3.8) is 0 Å². The molecule has 2 aliphatic rings. The van der Waals surface area contributed by atoms with E-state index in [1.165, 1.54) is 5.56 Å². The third kappa shape index (κ3) is 5.63. The van der Waals surface area contributed by atoms with Crippen molar-refractivity contribution in [1.82, 2.24) is 10.6 Å². The standard InChI is InChI=1S/C28H28N2O5/c1-33-23-10-3-18(4-11-23)15-26(31)35-27(22-8-6-20(7-9-22)24-17-29-24)28(32)30-16-19-2-5-21-12-13-34-25(21)14-19/h2-11,14,24,27,29H,12-13,15-17H2,1H3,(H,30,32). The molecule has 180 valence electrons. The van der Waals surface area contributed by atoms with E-state index in [0.29, 0.717) is 30.5 Å². The number of ether oxygens (including phenoxy) is 3. The topological polar surface area (TPSA) is 95.8 Å². The van der Waals surface area contributed by atoms with Crippen molar-refractivity contribution in [2.24, 2.45) is 0 Å². The van der Waals surface area contributed by atoms with Gasteiger partial charge in [0.2, 0.25) is 6.10 Å². The molecule has 3 aromatic rings. The number of benzene rings is 3. The number of carbonyl (C=O) groups excluding carboxylic acids is 2. The minimum absolute atomic E-state index is 0.0556. The highest BCUT2D eigenvalue weighted by Gasteiger charge is 2.27. The molecule has 1 fully saturated rings. The molecule has 0 bridgehead atoms. The van der Waals surface area contributed by atoms with Crippen LogP contribution in [0.15, 0.2) is 66.7 Å². The normalized spacial score (nSPS) is 16.5. The molecule has 0 spiro atoms. The molecule has 5 rings (SSSR count). The summed E-state index contributed by atoms with van der Waals surface area (Å²) >= 11 is 0. The molecule has 2 unspecified atom stereocenters. The molecule has 7 nitrogen and oxygen atoms in total. The van der Waals surface area contributed by atoms with Gasteiger partial charge in [0.25, 0.3) is 5.91 Å². The predicted molar refractivity (Wildman–Crippen MR) is 130 cm³/mol. The molecule has 0 saturated carbocycles. The van der Waals surface area contributed by atoms with Gasteiger partial charge in [-0.15, -0.1) is 0 Å². The maximum absolute atomic E-state index is 13.2. The third-order valence-electron chi connectivity index (χ3n) is 6.27. The van der Waals surface area contributed by atoms with Gasteiger partial charge in [-0.3, -0.25) is 9.59 Å². The number of amides is 1. The zero-order valence-corrected chi connectivity index (χ0v) is 19.6. The number of methoxy groups -OCH3 is 1. The summed E-state index contributed by atoms with van der Waals surface area (Å²) in [4.78, 5) is 26.0. The summed E-state index contributed by atoms with van der Waals surface area (Å²) in [6, 6.07) is 21.1. The molecule has 3 aromatic carbocycles. The van der Waals surface area contributed by atoms with Crippen molar-refractivity contribution >= 4 is 11.9 Å². The maximum atomic E-state index is 13.2. The summed E-state index contributed by atoms with van der Waals surface area (Å²) in [5.74, 6) is 0.728. The molecule has 7 heteroatoms. The van der Waals surface area contributed by atoms with Crippen molar-refractivity contribution in [1.29, 1.82) is 0 Å². The fourth-order valence-corrected chi connectivity index (χ4v) is 4.16. The monoisotopic (exact) mass is 472 g/mol. The molecule has 35 heavy (non-hydrogen) atoms. The van der Waals surface area contributed by atoms with Gasteiger partial charge in [-0.25, -0.2) is 0 Å². The lowest BCUT2D eigenvalue weighted by atomic mass is 10.0. The highest BCUT2D eigenvalue weighted by Crippen LogP contribution is 2.27. The largest absolute Gasteiger partial charge is 0.497 e. The summed E-state index contributed by atoms with van der Waals surface area (Å²) < 4.78 is 16.5. The van der Waals surface area contributed by atoms with E-state index in [9.17, 15) is 9.59 Å². The molecule has 2 aliphatic heterocycles. The van der Waals surface area contributed by atoms with Crippen molar-refractivity contribution in [3.8, 4) is 11.5 Å². The lowest BCUT2D eigenvalue weighted by Gasteiger charge is -2.19. The maximum Gasteiger partial charge on any atom is 0.311 e. The van der Waals surface area contributed by atoms with Gasteiger partial charge in [-0.1, -0.05) is 48.5 Å². The summed E-state index contributed by atoms with van der Waals surface area (Å²) in [5, 5.41) is 6.18. The molecule has 1 saturated heterocycles. The number of hydrogen-bond acceptors (Lipinski definition) is 6. The van der Waals surface area contributed by atoms with E-state index in [0.717, 1.165) is 35.4 Å². The Balaban J connectivity index is 1.28. The van der Waals surface area contributed by atoms with Crippen molar-refractivity contribution < 1.29 is 23.8 Å². The Labute approximate surface area is 204 Å². The van der Waals surface area contributed by atoms with Crippen LogP contribution in [0.5, 0.6) is 11.5 Å². The van der Waals surface area contributed by atoms with Crippen LogP contribution < -0.4 is 20.1 Å². The molecular formula is C28H28N2O5. The smallest absolute Gasteiger partial charge is 0.311 e. The second kappa shape index (κ2) is 10.2. The molecule has 2 N–H and O–H groups in total. The minimum Gasteiger partial charge on any atom is -0.497 e. The number of carbonyl (C=O) groups is 2. The van der Waals surface area contributed by atoms with Crippen LogP contribution in [-0.4, -0.2) is 32.1 Å². The summed E-state index contributed by atoms with van der Waals surface area (Å²) in [6.45, 7) is 1.94. The first kappa shape index (κ1) is 22.9. The van der Waals surface area contributed by atoms with E-state index in [4.69, 9.17) is 14.2 Å². The molecule has 0 aromatic heterocycles. The van der Waals surface area contributed by atoms with Gasteiger partial charge in [0, 0.05) is 31.1 Å². The zero-order valence-electron chi connectivity index (χ0n) is 19.6. The van der Waals surface area contributed by atoms with E-state index in [1.54, 1.807) is 19.2 Å². The van der Waals surface area contributed by atoms with Crippen LogP contribution in [-0.2, 0) is 33.7 Å². The van der Waals surface area contributed by atoms with Gasteiger partial charge in [-0.2, -0.15) is 0 Å². The number of fused-ring (bicyclic) bond motifs is 1. The van der Waals surface area contributed by atoms with E-state index in [2.05, 4.69) is 10.6 Å². The highest BCUT2D eigenvalue weighted by molar-refractivity contribution is 5.85. The Morgan fingerprint density at radius 2 is 1.80 bits per heavy atom. The zero-order chi connectivity index (χ0) is 24.2. The van der Waals surface area contributed by atoms with E-state index >= 15 is 0 Å². The predicted octanol–water partition coefficient (Wildman–Crippen LogP) is 3.42. The summed E-state index contributed by atoms with van der Waals surface area (Å²) in [5.41, 5.74) is 4.67. The van der Waals surface area contributed by atoms with Crippen LogP contribution in [0.25, 0.3) is 0 Å². The first-order chi connectivity index (χ1) is 17.1. The van der Waals surface area contributed by atoms with Crippen LogP contribution in [0.3, 0.4) is 0 Å². The van der Waals surface area contributed by atoms with E-state index < -0.39 is 12.1 Å². The van der Waals surface area contributed by atoms with Crippen molar-refractivity contribution in [2.75, 3.05) is 20.3 Å². The van der Waals surface area contributed by atoms with Gasteiger partial charge < -0.3 is 24.8 Å². The Morgan fingerprint density at radius 1 is 1.06 bits per heavy atom. The van der Waals surface area contributed by atoms with Crippen molar-refractivity contribution in [3.05, 3.63) is 94.5 Å². The van der Waals surface area contributed by atoms with Crippen LogP contribution in [0.1, 0.15) is 40.0 Å². The molecule has 2 atom stereocenters. The molecule has 0 radical (unpaired) electrons. The van der Waals surface area contributed by atoms with Gasteiger partial charge in [0.15, 0.2) is 0 Å². The number of hydrogen-bond donors (Lipinski definition) is 2. The van der Waals surface area contributed by atoms with Gasteiger partial charge in [-0.05, 0) is 40.5 Å². The van der Waals surface area contributed by atoms with E-state index in [1.807, 2.05) is 54.6 Å². The molecule has 0 aliphatic carbocycles. The number of esters is 1. The average molecular weight is 473 g/mol. The Hall–Kier alpha value is -3.84. The Kier molecular flexibility index (Phi) is 6.68. The second-order valence-corrected chi connectivity index (χ2v) is 8.78. The molecule has 2 heterocycles. The molecular weight excluding hydrogens is 444 g/mol. The van der Waals surface area contributed by atoms with Crippen LogP contribution >= 0.6 is 0 Å². The van der Waals surface area contributed by atoms with Gasteiger partial charge in [0.05, 0.1) is 20.1 Å².